The Labute approximate surface area is 161 Å². The van der Waals surface area contributed by atoms with Crippen molar-refractivity contribution in [3.63, 3.8) is 0 Å². The standard InChI is InChI=1S/C22H29N3O2/c1-18-23-13-16-25(18)17-21(27)11-14-24(15-12-21)20(26)22(9-5-6-10-22)19-7-3-2-4-8-19/h2-4,7-8,13,16,27H,5-6,9-12,14-15,17H2,1H3. The topological polar surface area (TPSA) is 58.4 Å². The van der Waals surface area contributed by atoms with Gasteiger partial charge in [0.15, 0.2) is 0 Å². The zero-order valence-corrected chi connectivity index (χ0v) is 16.1. The van der Waals surface area contributed by atoms with E-state index in [0.29, 0.717) is 32.5 Å². The van der Waals surface area contributed by atoms with Crippen LogP contribution < -0.4 is 0 Å². The normalized spacial score (nSPS) is 21.3. The fraction of sp³-hybridized carbons (Fsp3) is 0.545. The van der Waals surface area contributed by atoms with E-state index in [1.165, 1.54) is 0 Å². The van der Waals surface area contributed by atoms with Crippen molar-refractivity contribution in [2.45, 2.75) is 63.0 Å². The molecule has 27 heavy (non-hydrogen) atoms. The number of aryl methyl sites for hydroxylation is 1. The van der Waals surface area contributed by atoms with Gasteiger partial charge >= 0.3 is 0 Å². The van der Waals surface area contributed by atoms with E-state index in [2.05, 4.69) is 17.1 Å². The molecule has 0 unspecified atom stereocenters. The number of likely N-dealkylation sites (tertiary alicyclic amines) is 1. The summed E-state index contributed by atoms with van der Waals surface area (Å²) in [5, 5.41) is 11.0. The predicted molar refractivity (Wildman–Crippen MR) is 104 cm³/mol. The maximum atomic E-state index is 13.5. The molecule has 1 aliphatic carbocycles. The number of benzene rings is 1. The van der Waals surface area contributed by atoms with Crippen LogP contribution in [0.2, 0.25) is 0 Å². The second-order valence-corrected chi connectivity index (χ2v) is 8.27. The average molecular weight is 367 g/mol. The molecule has 1 saturated carbocycles. The van der Waals surface area contributed by atoms with Gasteiger partial charge in [0.05, 0.1) is 17.6 Å². The highest BCUT2D eigenvalue weighted by molar-refractivity contribution is 5.88. The molecular weight excluding hydrogens is 338 g/mol. The van der Waals surface area contributed by atoms with Gasteiger partial charge in [-0.15, -0.1) is 0 Å². The van der Waals surface area contributed by atoms with Gasteiger partial charge in [-0.1, -0.05) is 43.2 Å². The molecule has 0 radical (unpaired) electrons. The molecule has 1 aromatic heterocycles. The summed E-state index contributed by atoms with van der Waals surface area (Å²) in [5.74, 6) is 1.17. The Bertz CT molecular complexity index is 785. The number of rotatable bonds is 4. The van der Waals surface area contributed by atoms with E-state index < -0.39 is 5.60 Å². The molecule has 1 saturated heterocycles. The van der Waals surface area contributed by atoms with Crippen LogP contribution in [0.25, 0.3) is 0 Å². The zero-order valence-electron chi connectivity index (χ0n) is 16.1. The van der Waals surface area contributed by atoms with Crippen molar-refractivity contribution < 1.29 is 9.90 Å². The molecule has 2 aliphatic rings. The minimum atomic E-state index is -0.766. The Kier molecular flexibility index (Phi) is 4.81. The summed E-state index contributed by atoms with van der Waals surface area (Å²) in [7, 11) is 0. The molecule has 5 nitrogen and oxygen atoms in total. The summed E-state index contributed by atoms with van der Waals surface area (Å²) in [6.07, 6.45) is 8.99. The van der Waals surface area contributed by atoms with Crippen LogP contribution in [0, 0.1) is 6.92 Å². The van der Waals surface area contributed by atoms with E-state index in [1.54, 1.807) is 6.20 Å². The van der Waals surface area contributed by atoms with Gasteiger partial charge in [0.2, 0.25) is 5.91 Å². The van der Waals surface area contributed by atoms with Gasteiger partial charge in [-0.25, -0.2) is 4.98 Å². The van der Waals surface area contributed by atoms with Crippen LogP contribution >= 0.6 is 0 Å². The van der Waals surface area contributed by atoms with Crippen molar-refractivity contribution in [1.82, 2.24) is 14.5 Å². The third kappa shape index (κ3) is 3.41. The molecule has 0 bridgehead atoms. The molecule has 1 aliphatic heterocycles. The lowest BCUT2D eigenvalue weighted by Gasteiger charge is -2.42. The second-order valence-electron chi connectivity index (χ2n) is 8.27. The maximum Gasteiger partial charge on any atom is 0.233 e. The minimum Gasteiger partial charge on any atom is -0.388 e. The van der Waals surface area contributed by atoms with Crippen molar-refractivity contribution in [3.8, 4) is 0 Å². The molecule has 2 heterocycles. The van der Waals surface area contributed by atoms with Crippen LogP contribution in [-0.4, -0.2) is 44.2 Å². The number of aliphatic hydroxyl groups is 1. The summed E-state index contributed by atoms with van der Waals surface area (Å²) in [6.45, 7) is 3.74. The Morgan fingerprint density at radius 3 is 2.37 bits per heavy atom. The van der Waals surface area contributed by atoms with Crippen LogP contribution in [0.5, 0.6) is 0 Å². The van der Waals surface area contributed by atoms with Crippen LogP contribution in [0.15, 0.2) is 42.7 Å². The predicted octanol–water partition coefficient (Wildman–Crippen LogP) is 3.06. The number of piperidine rings is 1. The maximum absolute atomic E-state index is 13.5. The van der Waals surface area contributed by atoms with E-state index in [4.69, 9.17) is 0 Å². The first-order valence-corrected chi connectivity index (χ1v) is 10.1. The lowest BCUT2D eigenvalue weighted by molar-refractivity contribution is -0.142. The number of amides is 1. The van der Waals surface area contributed by atoms with Gasteiger partial charge in [0.1, 0.15) is 5.82 Å². The fourth-order valence-corrected chi connectivity index (χ4v) is 4.84. The van der Waals surface area contributed by atoms with Crippen molar-refractivity contribution in [3.05, 3.63) is 54.1 Å². The minimum absolute atomic E-state index is 0.257. The van der Waals surface area contributed by atoms with Crippen molar-refractivity contribution >= 4 is 5.91 Å². The van der Waals surface area contributed by atoms with Gasteiger partial charge in [0, 0.05) is 25.5 Å². The highest BCUT2D eigenvalue weighted by Gasteiger charge is 2.46. The molecule has 1 N–H and O–H groups in total. The van der Waals surface area contributed by atoms with E-state index in [9.17, 15) is 9.90 Å². The zero-order chi connectivity index (χ0) is 18.9. The Morgan fingerprint density at radius 2 is 1.78 bits per heavy atom. The van der Waals surface area contributed by atoms with Gasteiger partial charge in [0.25, 0.3) is 0 Å². The lowest BCUT2D eigenvalue weighted by atomic mass is 9.76. The SMILES string of the molecule is Cc1nccn1CC1(O)CCN(C(=O)C2(c3ccccc3)CCCC2)CC1. The smallest absolute Gasteiger partial charge is 0.233 e. The van der Waals surface area contributed by atoms with Gasteiger partial charge in [-0.2, -0.15) is 0 Å². The first-order chi connectivity index (χ1) is 13.0. The molecule has 0 spiro atoms. The molecule has 2 fully saturated rings. The highest BCUT2D eigenvalue weighted by Crippen LogP contribution is 2.43. The second kappa shape index (κ2) is 7.12. The summed E-state index contributed by atoms with van der Waals surface area (Å²) in [4.78, 5) is 19.8. The third-order valence-electron chi connectivity index (χ3n) is 6.56. The lowest BCUT2D eigenvalue weighted by Crippen LogP contribution is -2.53. The molecule has 4 rings (SSSR count). The van der Waals surface area contributed by atoms with E-state index in [1.807, 2.05) is 40.8 Å². The number of aromatic nitrogens is 2. The average Bonchev–Trinajstić information content (AvgIpc) is 3.33. The van der Waals surface area contributed by atoms with E-state index in [-0.39, 0.29) is 11.3 Å². The van der Waals surface area contributed by atoms with Gasteiger partial charge in [-0.05, 0) is 38.2 Å². The molecule has 1 aromatic carbocycles. The fourth-order valence-electron chi connectivity index (χ4n) is 4.84. The number of hydrogen-bond donors (Lipinski definition) is 1. The first kappa shape index (κ1) is 18.2. The number of hydrogen-bond acceptors (Lipinski definition) is 3. The monoisotopic (exact) mass is 367 g/mol. The van der Waals surface area contributed by atoms with Gasteiger partial charge < -0.3 is 14.6 Å². The Hall–Kier alpha value is -2.14. The van der Waals surface area contributed by atoms with Crippen LogP contribution in [-0.2, 0) is 16.8 Å². The molecule has 144 valence electrons. The Morgan fingerprint density at radius 1 is 1.11 bits per heavy atom. The molecule has 5 heteroatoms. The largest absolute Gasteiger partial charge is 0.388 e. The highest BCUT2D eigenvalue weighted by atomic mass is 16.3. The molecule has 1 amide bonds. The number of carbonyl (C=O) groups is 1. The van der Waals surface area contributed by atoms with Crippen molar-refractivity contribution in [1.29, 1.82) is 0 Å². The van der Waals surface area contributed by atoms with Crippen molar-refractivity contribution in [2.75, 3.05) is 13.1 Å². The Balaban J connectivity index is 1.47. The van der Waals surface area contributed by atoms with E-state index >= 15 is 0 Å². The number of nitrogens with zero attached hydrogens (tertiary/aromatic N) is 3. The molecular formula is C22H29N3O2. The van der Waals surface area contributed by atoms with Crippen LogP contribution in [0.1, 0.15) is 49.9 Å². The molecule has 0 atom stereocenters. The molecule has 2 aromatic rings. The first-order valence-electron chi connectivity index (χ1n) is 10.1. The number of carbonyl (C=O) groups excluding carboxylic acids is 1. The summed E-state index contributed by atoms with van der Waals surface area (Å²) >= 11 is 0. The van der Waals surface area contributed by atoms with Crippen LogP contribution in [0.3, 0.4) is 0 Å². The summed E-state index contributed by atoms with van der Waals surface area (Å²) < 4.78 is 2.00. The van der Waals surface area contributed by atoms with Gasteiger partial charge in [-0.3, -0.25) is 4.79 Å². The van der Waals surface area contributed by atoms with E-state index in [0.717, 1.165) is 37.1 Å². The third-order valence-corrected chi connectivity index (χ3v) is 6.56. The quantitative estimate of drug-likeness (QED) is 0.904. The summed E-state index contributed by atoms with van der Waals surface area (Å²) in [5.41, 5.74) is 0.0255. The van der Waals surface area contributed by atoms with Crippen LogP contribution in [0.4, 0.5) is 0 Å². The summed E-state index contributed by atoms with van der Waals surface area (Å²) in [6, 6.07) is 10.3. The number of imidazole rings is 1. The van der Waals surface area contributed by atoms with Crippen molar-refractivity contribution in [2.24, 2.45) is 0 Å².